The zero-order valence-electron chi connectivity index (χ0n) is 15.2. The zero-order valence-corrected chi connectivity index (χ0v) is 16.0. The maximum Gasteiger partial charge on any atom is 0.231 e. The fraction of sp³-hybridized carbons (Fsp3) is 0.211. The van der Waals surface area contributed by atoms with Crippen LogP contribution < -0.4 is 20.6 Å². The van der Waals surface area contributed by atoms with E-state index in [0.717, 1.165) is 22.4 Å². The number of nitrogen functional groups attached to an aromatic ring is 1. The Morgan fingerprint density at radius 3 is 2.79 bits per heavy atom. The van der Waals surface area contributed by atoms with Gasteiger partial charge in [-0.05, 0) is 24.6 Å². The number of carbonyl (C=O) groups is 1. The van der Waals surface area contributed by atoms with E-state index in [1.54, 1.807) is 0 Å². The van der Waals surface area contributed by atoms with Crippen LogP contribution in [-0.2, 0) is 11.3 Å². The molecule has 28 heavy (non-hydrogen) atoms. The third kappa shape index (κ3) is 3.89. The Morgan fingerprint density at radius 1 is 1.18 bits per heavy atom. The number of fused-ring (bicyclic) bond motifs is 1. The van der Waals surface area contributed by atoms with Gasteiger partial charge in [-0.1, -0.05) is 47.7 Å². The number of rotatable bonds is 6. The van der Waals surface area contributed by atoms with Crippen molar-refractivity contribution in [3.8, 4) is 22.9 Å². The minimum atomic E-state index is -0.123. The third-order valence-corrected chi connectivity index (χ3v) is 5.18. The normalized spacial score (nSPS) is 12.2. The van der Waals surface area contributed by atoms with Crippen molar-refractivity contribution >= 4 is 17.7 Å². The van der Waals surface area contributed by atoms with Gasteiger partial charge in [0.25, 0.3) is 0 Å². The van der Waals surface area contributed by atoms with E-state index in [-0.39, 0.29) is 18.5 Å². The summed E-state index contributed by atoms with van der Waals surface area (Å²) in [6.45, 7) is 2.65. The van der Waals surface area contributed by atoms with Crippen LogP contribution in [0, 0.1) is 6.92 Å². The molecule has 0 unspecified atom stereocenters. The highest BCUT2D eigenvalue weighted by atomic mass is 32.2. The minimum Gasteiger partial charge on any atom is -0.454 e. The second-order valence-electron chi connectivity index (χ2n) is 6.30. The number of thioether (sulfide) groups is 1. The van der Waals surface area contributed by atoms with E-state index >= 15 is 0 Å². The summed E-state index contributed by atoms with van der Waals surface area (Å²) in [6.07, 6.45) is 0. The Morgan fingerprint density at radius 2 is 1.96 bits per heavy atom. The highest BCUT2D eigenvalue weighted by molar-refractivity contribution is 7.99. The maximum absolute atomic E-state index is 12.2. The summed E-state index contributed by atoms with van der Waals surface area (Å²) in [6, 6.07) is 13.4. The molecule has 3 aromatic rings. The first-order valence-corrected chi connectivity index (χ1v) is 9.64. The minimum absolute atomic E-state index is 0.123. The van der Waals surface area contributed by atoms with Crippen LogP contribution in [0.1, 0.15) is 11.1 Å². The molecule has 3 N–H and O–H groups in total. The van der Waals surface area contributed by atoms with Gasteiger partial charge in [0, 0.05) is 12.1 Å². The molecule has 0 fully saturated rings. The van der Waals surface area contributed by atoms with Gasteiger partial charge in [0.1, 0.15) is 0 Å². The van der Waals surface area contributed by atoms with Crippen LogP contribution in [0.4, 0.5) is 0 Å². The molecule has 2 aromatic carbocycles. The number of nitrogens with one attached hydrogen (secondary N) is 1. The number of carbonyl (C=O) groups excluding carboxylic acids is 1. The fourth-order valence-electron chi connectivity index (χ4n) is 2.71. The Kier molecular flexibility index (Phi) is 5.07. The van der Waals surface area contributed by atoms with Crippen molar-refractivity contribution in [1.29, 1.82) is 0 Å². The highest BCUT2D eigenvalue weighted by Crippen LogP contribution is 2.32. The monoisotopic (exact) mass is 397 g/mol. The molecule has 0 spiro atoms. The smallest absolute Gasteiger partial charge is 0.231 e. The van der Waals surface area contributed by atoms with Crippen molar-refractivity contribution in [3.63, 3.8) is 0 Å². The fourth-order valence-corrected chi connectivity index (χ4v) is 3.39. The van der Waals surface area contributed by atoms with Crippen LogP contribution in [0.5, 0.6) is 11.5 Å². The van der Waals surface area contributed by atoms with E-state index in [1.165, 1.54) is 16.4 Å². The molecule has 144 valence electrons. The zero-order chi connectivity index (χ0) is 19.5. The first-order valence-electron chi connectivity index (χ1n) is 8.66. The van der Waals surface area contributed by atoms with Gasteiger partial charge >= 0.3 is 0 Å². The molecular weight excluding hydrogens is 378 g/mol. The molecule has 0 aliphatic carbocycles. The summed E-state index contributed by atoms with van der Waals surface area (Å²) >= 11 is 1.24. The van der Waals surface area contributed by atoms with Crippen molar-refractivity contribution in [2.24, 2.45) is 0 Å². The Balaban J connectivity index is 1.32. The molecule has 9 heteroatoms. The van der Waals surface area contributed by atoms with Crippen LogP contribution in [0.25, 0.3) is 11.4 Å². The van der Waals surface area contributed by atoms with E-state index in [0.29, 0.717) is 23.3 Å². The lowest BCUT2D eigenvalue weighted by Gasteiger charge is -2.06. The van der Waals surface area contributed by atoms with Gasteiger partial charge in [0.2, 0.25) is 17.9 Å². The molecule has 8 nitrogen and oxygen atoms in total. The number of nitrogens with zero attached hydrogens (tertiary/aromatic N) is 3. The Bertz CT molecular complexity index is 1000. The summed E-state index contributed by atoms with van der Waals surface area (Å²) in [5.74, 6) is 8.13. The van der Waals surface area contributed by atoms with Crippen molar-refractivity contribution in [3.05, 3.63) is 53.6 Å². The van der Waals surface area contributed by atoms with Gasteiger partial charge < -0.3 is 20.6 Å². The summed E-state index contributed by atoms with van der Waals surface area (Å²) in [4.78, 5) is 12.2. The molecule has 0 radical (unpaired) electrons. The van der Waals surface area contributed by atoms with Crippen LogP contribution >= 0.6 is 11.8 Å². The number of amides is 1. The number of nitrogens with two attached hydrogens (primary N) is 1. The van der Waals surface area contributed by atoms with E-state index < -0.39 is 0 Å². The number of hydrogen-bond acceptors (Lipinski definition) is 7. The molecule has 2 heterocycles. The van der Waals surface area contributed by atoms with Crippen LogP contribution in [0.2, 0.25) is 0 Å². The van der Waals surface area contributed by atoms with Crippen molar-refractivity contribution in [1.82, 2.24) is 20.2 Å². The lowest BCUT2D eigenvalue weighted by molar-refractivity contribution is -0.118. The predicted molar refractivity (Wildman–Crippen MR) is 105 cm³/mol. The molecular formula is C19H19N5O3S. The molecule has 1 aliphatic rings. The first kappa shape index (κ1) is 18.2. The predicted octanol–water partition coefficient (Wildman–Crippen LogP) is 2.10. The summed E-state index contributed by atoms with van der Waals surface area (Å²) < 4.78 is 12.0. The molecule has 0 saturated heterocycles. The molecule has 0 atom stereocenters. The SMILES string of the molecule is Cc1ccc(-c2nnc(SCC(=O)NCc3ccc4c(c3)OCO4)n2N)cc1. The van der Waals surface area contributed by atoms with Crippen molar-refractivity contribution in [2.75, 3.05) is 18.4 Å². The largest absolute Gasteiger partial charge is 0.454 e. The maximum atomic E-state index is 12.2. The van der Waals surface area contributed by atoms with Crippen molar-refractivity contribution in [2.45, 2.75) is 18.6 Å². The second-order valence-corrected chi connectivity index (χ2v) is 7.24. The van der Waals surface area contributed by atoms with Gasteiger partial charge in [-0.25, -0.2) is 4.68 Å². The highest BCUT2D eigenvalue weighted by Gasteiger charge is 2.15. The Hall–Kier alpha value is -3.20. The van der Waals surface area contributed by atoms with Gasteiger partial charge in [-0.3, -0.25) is 4.79 Å². The van der Waals surface area contributed by atoms with Gasteiger partial charge in [-0.15, -0.1) is 10.2 Å². The van der Waals surface area contributed by atoms with E-state index in [4.69, 9.17) is 15.3 Å². The molecule has 0 bridgehead atoms. The number of ether oxygens (including phenoxy) is 2. The molecule has 4 rings (SSSR count). The van der Waals surface area contributed by atoms with E-state index in [9.17, 15) is 4.79 Å². The average molecular weight is 397 g/mol. The Labute approximate surface area is 166 Å². The van der Waals surface area contributed by atoms with Gasteiger partial charge in [0.05, 0.1) is 5.75 Å². The lowest BCUT2D eigenvalue weighted by atomic mass is 10.1. The number of benzene rings is 2. The summed E-state index contributed by atoms with van der Waals surface area (Å²) in [5.41, 5.74) is 2.96. The molecule has 1 amide bonds. The topological polar surface area (TPSA) is 104 Å². The molecule has 0 saturated carbocycles. The number of hydrogen-bond donors (Lipinski definition) is 2. The number of aromatic nitrogens is 3. The first-order chi connectivity index (χ1) is 13.6. The third-order valence-electron chi connectivity index (χ3n) is 4.23. The molecule has 1 aliphatic heterocycles. The second kappa shape index (κ2) is 7.81. The summed E-state index contributed by atoms with van der Waals surface area (Å²) in [7, 11) is 0. The lowest BCUT2D eigenvalue weighted by Crippen LogP contribution is -2.25. The van der Waals surface area contributed by atoms with E-state index in [1.807, 2.05) is 49.4 Å². The van der Waals surface area contributed by atoms with Gasteiger partial charge in [-0.2, -0.15) is 0 Å². The quantitative estimate of drug-likeness (QED) is 0.485. The summed E-state index contributed by atoms with van der Waals surface area (Å²) in [5, 5.41) is 11.6. The van der Waals surface area contributed by atoms with Crippen LogP contribution in [0.15, 0.2) is 47.6 Å². The average Bonchev–Trinajstić information content (AvgIpc) is 3.31. The standard InChI is InChI=1S/C19H19N5O3S/c1-12-2-5-14(6-3-12)18-22-23-19(24(18)20)28-10-17(25)21-9-13-4-7-15-16(8-13)27-11-26-15/h2-8H,9-11,20H2,1H3,(H,21,25). The number of aryl methyl sites for hydroxylation is 1. The van der Waals surface area contributed by atoms with Crippen LogP contribution in [-0.4, -0.2) is 33.3 Å². The molecule has 1 aromatic heterocycles. The van der Waals surface area contributed by atoms with Crippen LogP contribution in [0.3, 0.4) is 0 Å². The van der Waals surface area contributed by atoms with Crippen molar-refractivity contribution < 1.29 is 14.3 Å². The van der Waals surface area contributed by atoms with E-state index in [2.05, 4.69) is 15.5 Å². The van der Waals surface area contributed by atoms with Gasteiger partial charge in [0.15, 0.2) is 17.3 Å².